The first-order valence-corrected chi connectivity index (χ1v) is 7.58. The molecule has 0 amide bonds. The highest BCUT2D eigenvalue weighted by Gasteiger charge is 2.27. The maximum absolute atomic E-state index is 5.68. The molecule has 2 atom stereocenters. The molecule has 2 unspecified atom stereocenters. The molecular weight excluding hydrogens is 280 g/mol. The minimum atomic E-state index is -0.572. The summed E-state index contributed by atoms with van der Waals surface area (Å²) in [7, 11) is 0. The van der Waals surface area contributed by atoms with Crippen LogP contribution in [0.3, 0.4) is 0 Å². The fraction of sp³-hybridized carbons (Fsp3) is 0.333. The van der Waals surface area contributed by atoms with Gasteiger partial charge in [0, 0.05) is 24.3 Å². The molecule has 0 radical (unpaired) electrons. The van der Waals surface area contributed by atoms with Crippen molar-refractivity contribution in [2.45, 2.75) is 26.4 Å². The van der Waals surface area contributed by atoms with Crippen LogP contribution in [0.1, 0.15) is 37.6 Å². The van der Waals surface area contributed by atoms with Crippen molar-refractivity contribution in [3.63, 3.8) is 0 Å². The summed E-state index contributed by atoms with van der Waals surface area (Å²) < 4.78 is 11.4. The fourth-order valence-corrected chi connectivity index (χ4v) is 2.64. The van der Waals surface area contributed by atoms with Crippen molar-refractivity contribution < 1.29 is 19.2 Å². The second kappa shape index (κ2) is 7.03. The van der Waals surface area contributed by atoms with Gasteiger partial charge in [0.15, 0.2) is 0 Å². The highest BCUT2D eigenvalue weighted by Crippen LogP contribution is 2.39. The van der Waals surface area contributed by atoms with Gasteiger partial charge in [-0.1, -0.05) is 48.5 Å². The van der Waals surface area contributed by atoms with Crippen LogP contribution in [0.15, 0.2) is 48.5 Å². The molecule has 4 heteroatoms. The molecule has 1 aliphatic rings. The lowest BCUT2D eigenvalue weighted by Gasteiger charge is -2.28. The van der Waals surface area contributed by atoms with Gasteiger partial charge in [0.05, 0.1) is 0 Å². The Balaban J connectivity index is 2.14. The van der Waals surface area contributed by atoms with Gasteiger partial charge in [0.25, 0.3) is 0 Å². The molecule has 4 nitrogen and oxygen atoms in total. The standard InChI is InChI=1S/C18H20O4/c1-3-19-17-15-11-7-5-9-13(15)14-10-6-8-12-16(14)18(20-4-2)22-21-17/h5-12,17-18H,3-4H2,1-2H3. The summed E-state index contributed by atoms with van der Waals surface area (Å²) in [5, 5.41) is 0. The van der Waals surface area contributed by atoms with E-state index in [1.807, 2.05) is 50.2 Å². The maximum atomic E-state index is 5.68. The van der Waals surface area contributed by atoms with Gasteiger partial charge in [0.1, 0.15) is 0 Å². The van der Waals surface area contributed by atoms with Crippen molar-refractivity contribution in [2.75, 3.05) is 13.2 Å². The van der Waals surface area contributed by atoms with E-state index >= 15 is 0 Å². The molecule has 1 heterocycles. The van der Waals surface area contributed by atoms with Crippen LogP contribution >= 0.6 is 0 Å². The first kappa shape index (κ1) is 15.2. The van der Waals surface area contributed by atoms with Crippen LogP contribution in [0.25, 0.3) is 11.1 Å². The van der Waals surface area contributed by atoms with Gasteiger partial charge < -0.3 is 9.47 Å². The minimum absolute atomic E-state index is 0.531. The molecule has 1 aliphatic heterocycles. The monoisotopic (exact) mass is 300 g/mol. The molecule has 0 aliphatic carbocycles. The summed E-state index contributed by atoms with van der Waals surface area (Å²) >= 11 is 0. The van der Waals surface area contributed by atoms with Crippen LogP contribution < -0.4 is 0 Å². The van der Waals surface area contributed by atoms with Crippen molar-refractivity contribution in [3.8, 4) is 11.1 Å². The molecular formula is C18H20O4. The van der Waals surface area contributed by atoms with Crippen molar-refractivity contribution in [1.29, 1.82) is 0 Å². The Kier molecular flexibility index (Phi) is 4.85. The Morgan fingerprint density at radius 2 is 1.14 bits per heavy atom. The Labute approximate surface area is 130 Å². The quantitative estimate of drug-likeness (QED) is 0.785. The zero-order valence-corrected chi connectivity index (χ0v) is 12.8. The molecule has 22 heavy (non-hydrogen) atoms. The van der Waals surface area contributed by atoms with E-state index in [0.717, 1.165) is 22.3 Å². The van der Waals surface area contributed by atoms with Crippen molar-refractivity contribution in [1.82, 2.24) is 0 Å². The van der Waals surface area contributed by atoms with E-state index in [1.165, 1.54) is 0 Å². The van der Waals surface area contributed by atoms with E-state index < -0.39 is 12.6 Å². The summed E-state index contributed by atoms with van der Waals surface area (Å²) in [4.78, 5) is 11.0. The molecule has 0 bridgehead atoms. The Hall–Kier alpha value is -1.72. The lowest BCUT2D eigenvalue weighted by molar-refractivity contribution is -0.442. The number of hydrogen-bond acceptors (Lipinski definition) is 4. The number of fused-ring (bicyclic) bond motifs is 3. The SMILES string of the molecule is CCOC1OOC(OCC)c2ccccc2-c2ccccc21. The molecule has 0 saturated heterocycles. The molecule has 2 aromatic carbocycles. The van der Waals surface area contributed by atoms with Crippen LogP contribution in [0, 0.1) is 0 Å². The zero-order valence-electron chi connectivity index (χ0n) is 12.8. The third-order valence-electron chi connectivity index (χ3n) is 3.59. The zero-order chi connectivity index (χ0) is 15.4. The van der Waals surface area contributed by atoms with Crippen LogP contribution in [-0.2, 0) is 19.2 Å². The lowest BCUT2D eigenvalue weighted by atomic mass is 9.94. The molecule has 2 aromatic rings. The van der Waals surface area contributed by atoms with Gasteiger partial charge in [-0.05, 0) is 25.0 Å². The van der Waals surface area contributed by atoms with E-state index in [1.54, 1.807) is 0 Å². The van der Waals surface area contributed by atoms with Crippen LogP contribution in [-0.4, -0.2) is 13.2 Å². The fourth-order valence-electron chi connectivity index (χ4n) is 2.64. The van der Waals surface area contributed by atoms with E-state index in [-0.39, 0.29) is 0 Å². The number of hydrogen-bond donors (Lipinski definition) is 0. The van der Waals surface area contributed by atoms with Gasteiger partial charge in [-0.3, -0.25) is 0 Å². The largest absolute Gasteiger partial charge is 0.346 e. The van der Waals surface area contributed by atoms with Crippen molar-refractivity contribution in [2.24, 2.45) is 0 Å². The van der Waals surface area contributed by atoms with Gasteiger partial charge in [-0.15, -0.1) is 0 Å². The number of rotatable bonds is 4. The van der Waals surface area contributed by atoms with E-state index in [9.17, 15) is 0 Å². The van der Waals surface area contributed by atoms with Crippen LogP contribution in [0.2, 0.25) is 0 Å². The van der Waals surface area contributed by atoms with Crippen molar-refractivity contribution >= 4 is 0 Å². The number of ether oxygens (including phenoxy) is 2. The molecule has 3 rings (SSSR count). The van der Waals surface area contributed by atoms with Gasteiger partial charge in [-0.2, -0.15) is 9.78 Å². The second-order valence-corrected chi connectivity index (χ2v) is 4.94. The predicted molar refractivity (Wildman–Crippen MR) is 82.8 cm³/mol. The van der Waals surface area contributed by atoms with Gasteiger partial charge >= 0.3 is 0 Å². The summed E-state index contributed by atoms with van der Waals surface area (Å²) in [6.07, 6.45) is -1.14. The first-order chi connectivity index (χ1) is 10.8. The number of benzene rings is 2. The Bertz CT molecular complexity index is 570. The average Bonchev–Trinajstić information content (AvgIpc) is 2.56. The minimum Gasteiger partial charge on any atom is -0.346 e. The molecule has 116 valence electrons. The summed E-state index contributed by atoms with van der Waals surface area (Å²) in [5.41, 5.74) is 4.05. The first-order valence-electron chi connectivity index (χ1n) is 7.58. The topological polar surface area (TPSA) is 36.9 Å². The van der Waals surface area contributed by atoms with E-state index in [0.29, 0.717) is 13.2 Å². The predicted octanol–water partition coefficient (Wildman–Crippen LogP) is 4.39. The summed E-state index contributed by atoms with van der Waals surface area (Å²) in [5.74, 6) is 0. The third-order valence-corrected chi connectivity index (χ3v) is 3.59. The van der Waals surface area contributed by atoms with Crippen molar-refractivity contribution in [3.05, 3.63) is 59.7 Å². The lowest BCUT2D eigenvalue weighted by Crippen LogP contribution is -2.18. The average molecular weight is 300 g/mol. The van der Waals surface area contributed by atoms with Crippen LogP contribution in [0.5, 0.6) is 0 Å². The molecule has 0 N–H and O–H groups in total. The van der Waals surface area contributed by atoms with Gasteiger partial charge in [0.2, 0.25) is 12.6 Å². The highest BCUT2D eigenvalue weighted by molar-refractivity contribution is 5.71. The van der Waals surface area contributed by atoms with E-state index in [4.69, 9.17) is 19.2 Å². The summed E-state index contributed by atoms with van der Waals surface area (Å²) in [6, 6.07) is 16.1. The second-order valence-electron chi connectivity index (χ2n) is 4.94. The maximum Gasteiger partial charge on any atom is 0.218 e. The smallest absolute Gasteiger partial charge is 0.218 e. The van der Waals surface area contributed by atoms with Crippen LogP contribution in [0.4, 0.5) is 0 Å². The molecule has 0 aromatic heterocycles. The highest BCUT2D eigenvalue weighted by atomic mass is 17.2. The Morgan fingerprint density at radius 1 is 0.727 bits per heavy atom. The Morgan fingerprint density at radius 3 is 1.55 bits per heavy atom. The summed E-state index contributed by atoms with van der Waals surface area (Å²) in [6.45, 7) is 4.92. The van der Waals surface area contributed by atoms with E-state index in [2.05, 4.69) is 12.1 Å². The third kappa shape index (κ3) is 2.91. The molecule has 0 spiro atoms. The molecule has 0 fully saturated rings. The van der Waals surface area contributed by atoms with Gasteiger partial charge in [-0.25, -0.2) is 0 Å². The normalized spacial score (nSPS) is 20.6. The molecule has 0 saturated carbocycles.